The van der Waals surface area contributed by atoms with E-state index in [1.54, 1.807) is 0 Å². The zero-order chi connectivity index (χ0) is 12.3. The Hall–Kier alpha value is -0.340. The van der Waals surface area contributed by atoms with E-state index in [1.807, 2.05) is 13.8 Å². The molecule has 0 aliphatic heterocycles. The molecule has 1 aromatic carbocycles. The number of benzene rings is 1. The molecule has 0 atom stereocenters. The molecular formula is C14H21BrO. The Morgan fingerprint density at radius 3 is 2.12 bits per heavy atom. The SMILES string of the molecule is Cc1cc(CCCC(C)(C)O)cc(C)c1Br. The maximum atomic E-state index is 9.64. The van der Waals surface area contributed by atoms with Crippen LogP contribution in [0.25, 0.3) is 0 Å². The van der Waals surface area contributed by atoms with Gasteiger partial charge in [-0.25, -0.2) is 0 Å². The molecule has 1 N–H and O–H groups in total. The van der Waals surface area contributed by atoms with Crippen LogP contribution in [0.2, 0.25) is 0 Å². The first-order chi connectivity index (χ1) is 7.29. The Kier molecular flexibility index (Phi) is 4.57. The molecule has 90 valence electrons. The molecule has 0 amide bonds. The third kappa shape index (κ3) is 4.26. The Bertz CT molecular complexity index is 340. The summed E-state index contributed by atoms with van der Waals surface area (Å²) in [5.41, 5.74) is 3.40. The molecule has 1 rings (SSSR count). The largest absolute Gasteiger partial charge is 0.390 e. The Labute approximate surface area is 107 Å². The number of hydrogen-bond acceptors (Lipinski definition) is 1. The second-order valence-corrected chi connectivity index (χ2v) is 6.00. The molecule has 0 saturated carbocycles. The van der Waals surface area contributed by atoms with Crippen molar-refractivity contribution in [3.8, 4) is 0 Å². The number of halogens is 1. The predicted molar refractivity (Wildman–Crippen MR) is 72.9 cm³/mol. The van der Waals surface area contributed by atoms with Crippen molar-refractivity contribution in [2.45, 2.75) is 52.6 Å². The summed E-state index contributed by atoms with van der Waals surface area (Å²) in [5.74, 6) is 0. The Morgan fingerprint density at radius 2 is 1.69 bits per heavy atom. The summed E-state index contributed by atoms with van der Waals surface area (Å²) in [7, 11) is 0. The molecule has 0 unspecified atom stereocenters. The second kappa shape index (κ2) is 5.33. The first-order valence-corrected chi connectivity index (χ1v) is 6.57. The molecule has 0 radical (unpaired) electrons. The van der Waals surface area contributed by atoms with Crippen LogP contribution < -0.4 is 0 Å². The zero-order valence-corrected chi connectivity index (χ0v) is 12.2. The van der Waals surface area contributed by atoms with Crippen LogP contribution in [-0.2, 0) is 6.42 Å². The van der Waals surface area contributed by atoms with E-state index < -0.39 is 5.60 Å². The van der Waals surface area contributed by atoms with Crippen LogP contribution in [0.3, 0.4) is 0 Å². The van der Waals surface area contributed by atoms with Crippen molar-refractivity contribution >= 4 is 15.9 Å². The maximum absolute atomic E-state index is 9.64. The van der Waals surface area contributed by atoms with Gasteiger partial charge in [-0.3, -0.25) is 0 Å². The molecule has 0 heterocycles. The molecule has 16 heavy (non-hydrogen) atoms. The fourth-order valence-electron chi connectivity index (χ4n) is 1.91. The van der Waals surface area contributed by atoms with E-state index >= 15 is 0 Å². The molecule has 0 bridgehead atoms. The van der Waals surface area contributed by atoms with Gasteiger partial charge < -0.3 is 5.11 Å². The number of aryl methyl sites for hydroxylation is 3. The smallest absolute Gasteiger partial charge is 0.0591 e. The van der Waals surface area contributed by atoms with Crippen molar-refractivity contribution in [1.82, 2.24) is 0 Å². The van der Waals surface area contributed by atoms with Crippen molar-refractivity contribution in [1.29, 1.82) is 0 Å². The average molecular weight is 285 g/mol. The van der Waals surface area contributed by atoms with Gasteiger partial charge in [0.15, 0.2) is 0 Å². The van der Waals surface area contributed by atoms with Crippen LogP contribution in [0.5, 0.6) is 0 Å². The number of hydrogen-bond donors (Lipinski definition) is 1. The molecule has 1 nitrogen and oxygen atoms in total. The predicted octanol–water partition coefficient (Wildman–Crippen LogP) is 4.16. The van der Waals surface area contributed by atoms with E-state index in [4.69, 9.17) is 0 Å². The van der Waals surface area contributed by atoms with Crippen LogP contribution in [0.15, 0.2) is 16.6 Å². The molecule has 0 saturated heterocycles. The van der Waals surface area contributed by atoms with E-state index in [1.165, 1.54) is 21.2 Å². The lowest BCUT2D eigenvalue weighted by Crippen LogP contribution is -2.18. The van der Waals surface area contributed by atoms with Crippen molar-refractivity contribution in [2.75, 3.05) is 0 Å². The molecule has 2 heteroatoms. The summed E-state index contributed by atoms with van der Waals surface area (Å²) in [4.78, 5) is 0. The molecule has 0 aromatic heterocycles. The van der Waals surface area contributed by atoms with Gasteiger partial charge in [0.05, 0.1) is 5.60 Å². The fraction of sp³-hybridized carbons (Fsp3) is 0.571. The molecule has 0 aliphatic carbocycles. The summed E-state index contributed by atoms with van der Waals surface area (Å²) in [6.07, 6.45) is 2.92. The van der Waals surface area contributed by atoms with Crippen LogP contribution in [0.1, 0.15) is 43.4 Å². The van der Waals surface area contributed by atoms with Crippen molar-refractivity contribution < 1.29 is 5.11 Å². The lowest BCUT2D eigenvalue weighted by molar-refractivity contribution is 0.0689. The highest BCUT2D eigenvalue weighted by Gasteiger charge is 2.11. The van der Waals surface area contributed by atoms with Crippen LogP contribution in [-0.4, -0.2) is 10.7 Å². The highest BCUT2D eigenvalue weighted by atomic mass is 79.9. The van der Waals surface area contributed by atoms with Gasteiger partial charge in [0.2, 0.25) is 0 Å². The summed E-state index contributed by atoms with van der Waals surface area (Å²) in [6.45, 7) is 7.98. The van der Waals surface area contributed by atoms with E-state index in [0.29, 0.717) is 0 Å². The minimum Gasteiger partial charge on any atom is -0.390 e. The quantitative estimate of drug-likeness (QED) is 0.880. The average Bonchev–Trinajstić information content (AvgIpc) is 2.12. The van der Waals surface area contributed by atoms with Gasteiger partial charge in [-0.2, -0.15) is 0 Å². The molecule has 0 fully saturated rings. The van der Waals surface area contributed by atoms with Gasteiger partial charge in [0, 0.05) is 4.47 Å². The standard InChI is InChI=1S/C14H21BrO/c1-10-8-12(9-11(2)13(10)15)6-5-7-14(3,4)16/h8-9,16H,5-7H2,1-4H3. The molecule has 0 aliphatic rings. The summed E-state index contributed by atoms with van der Waals surface area (Å²) < 4.78 is 1.21. The summed E-state index contributed by atoms with van der Waals surface area (Å²) in [5, 5.41) is 9.64. The van der Waals surface area contributed by atoms with Gasteiger partial charge in [-0.15, -0.1) is 0 Å². The molecule has 0 spiro atoms. The highest BCUT2D eigenvalue weighted by molar-refractivity contribution is 9.10. The van der Waals surface area contributed by atoms with Gasteiger partial charge in [-0.1, -0.05) is 28.1 Å². The number of rotatable bonds is 4. The first kappa shape index (κ1) is 13.7. The zero-order valence-electron chi connectivity index (χ0n) is 10.6. The summed E-state index contributed by atoms with van der Waals surface area (Å²) >= 11 is 3.57. The van der Waals surface area contributed by atoms with E-state index in [0.717, 1.165) is 19.3 Å². The van der Waals surface area contributed by atoms with Crippen LogP contribution >= 0.6 is 15.9 Å². The topological polar surface area (TPSA) is 20.2 Å². The van der Waals surface area contributed by atoms with E-state index in [9.17, 15) is 5.11 Å². The Balaban J connectivity index is 2.62. The van der Waals surface area contributed by atoms with Gasteiger partial charge in [-0.05, 0) is 63.6 Å². The monoisotopic (exact) mass is 284 g/mol. The lowest BCUT2D eigenvalue weighted by Gasteiger charge is -2.16. The van der Waals surface area contributed by atoms with E-state index in [2.05, 4.69) is 41.9 Å². The fourth-order valence-corrected chi connectivity index (χ4v) is 2.13. The third-order valence-electron chi connectivity index (χ3n) is 2.75. The van der Waals surface area contributed by atoms with Crippen molar-refractivity contribution in [3.63, 3.8) is 0 Å². The van der Waals surface area contributed by atoms with Crippen LogP contribution in [0, 0.1) is 13.8 Å². The molecular weight excluding hydrogens is 264 g/mol. The van der Waals surface area contributed by atoms with Crippen molar-refractivity contribution in [2.24, 2.45) is 0 Å². The number of aliphatic hydroxyl groups is 1. The minimum atomic E-state index is -0.542. The van der Waals surface area contributed by atoms with Crippen molar-refractivity contribution in [3.05, 3.63) is 33.3 Å². The third-order valence-corrected chi connectivity index (χ3v) is 4.00. The second-order valence-electron chi connectivity index (χ2n) is 5.21. The van der Waals surface area contributed by atoms with E-state index in [-0.39, 0.29) is 0 Å². The van der Waals surface area contributed by atoms with Gasteiger partial charge in [0.25, 0.3) is 0 Å². The Morgan fingerprint density at radius 1 is 1.19 bits per heavy atom. The highest BCUT2D eigenvalue weighted by Crippen LogP contribution is 2.23. The maximum Gasteiger partial charge on any atom is 0.0591 e. The first-order valence-electron chi connectivity index (χ1n) is 5.77. The normalized spacial score (nSPS) is 11.9. The minimum absolute atomic E-state index is 0.542. The lowest BCUT2D eigenvalue weighted by atomic mass is 9.97. The van der Waals surface area contributed by atoms with Gasteiger partial charge in [0.1, 0.15) is 0 Å². The van der Waals surface area contributed by atoms with Crippen LogP contribution in [0.4, 0.5) is 0 Å². The summed E-state index contributed by atoms with van der Waals surface area (Å²) in [6, 6.07) is 4.45. The van der Waals surface area contributed by atoms with Gasteiger partial charge >= 0.3 is 0 Å². The molecule has 1 aromatic rings.